The third-order valence-corrected chi connectivity index (χ3v) is 3.20. The highest BCUT2D eigenvalue weighted by Gasteiger charge is 2.18. The summed E-state index contributed by atoms with van der Waals surface area (Å²) in [4.78, 5) is 0. The molecule has 2 nitrogen and oxygen atoms in total. The monoisotopic (exact) mass is 225 g/mol. The Morgan fingerprint density at radius 2 is 1.88 bits per heavy atom. The lowest BCUT2D eigenvalue weighted by molar-refractivity contribution is 0.225. The van der Waals surface area contributed by atoms with E-state index in [1.54, 1.807) is 0 Å². The minimum atomic E-state index is -0.149. The molecule has 2 aromatic rings. The maximum absolute atomic E-state index is 6.27. The van der Waals surface area contributed by atoms with Crippen molar-refractivity contribution in [2.24, 2.45) is 5.73 Å². The Morgan fingerprint density at radius 3 is 2.71 bits per heavy atom. The van der Waals surface area contributed by atoms with E-state index in [0.29, 0.717) is 0 Å². The second kappa shape index (κ2) is 4.22. The second-order valence-corrected chi connectivity index (χ2v) is 4.29. The average molecular weight is 225 g/mol. The molecule has 1 atom stereocenters. The molecule has 0 saturated heterocycles. The van der Waals surface area contributed by atoms with Gasteiger partial charge in [0.05, 0.1) is 12.6 Å². The highest BCUT2D eigenvalue weighted by atomic mass is 16.5. The van der Waals surface area contributed by atoms with Crippen molar-refractivity contribution in [1.29, 1.82) is 0 Å². The van der Waals surface area contributed by atoms with Gasteiger partial charge in [-0.3, -0.25) is 0 Å². The van der Waals surface area contributed by atoms with Crippen molar-refractivity contribution in [2.75, 3.05) is 6.61 Å². The van der Waals surface area contributed by atoms with Gasteiger partial charge in [-0.05, 0) is 22.4 Å². The summed E-state index contributed by atoms with van der Waals surface area (Å²) in [6.07, 6.45) is 3.06. The summed E-state index contributed by atoms with van der Waals surface area (Å²) >= 11 is 0. The molecule has 1 aliphatic rings. The van der Waals surface area contributed by atoms with Crippen molar-refractivity contribution < 1.29 is 4.74 Å². The van der Waals surface area contributed by atoms with E-state index in [1.165, 1.54) is 10.8 Å². The molecule has 0 radical (unpaired) electrons. The Morgan fingerprint density at radius 1 is 1.06 bits per heavy atom. The van der Waals surface area contributed by atoms with Gasteiger partial charge >= 0.3 is 0 Å². The van der Waals surface area contributed by atoms with E-state index in [-0.39, 0.29) is 6.04 Å². The van der Waals surface area contributed by atoms with Crippen molar-refractivity contribution >= 4 is 10.8 Å². The Bertz CT molecular complexity index is 569. The first kappa shape index (κ1) is 10.4. The van der Waals surface area contributed by atoms with E-state index in [9.17, 15) is 0 Å². The van der Waals surface area contributed by atoms with E-state index < -0.39 is 0 Å². The molecule has 2 aromatic carbocycles. The molecule has 1 unspecified atom stereocenters. The molecule has 2 heteroatoms. The average Bonchev–Trinajstić information content (AvgIpc) is 2.91. The molecule has 2 N–H and O–H groups in total. The van der Waals surface area contributed by atoms with E-state index in [1.807, 2.05) is 18.2 Å². The Hall–Kier alpha value is -1.80. The van der Waals surface area contributed by atoms with Gasteiger partial charge in [-0.2, -0.15) is 0 Å². The minimum Gasteiger partial charge on any atom is -0.496 e. The van der Waals surface area contributed by atoms with E-state index in [4.69, 9.17) is 10.5 Å². The van der Waals surface area contributed by atoms with Gasteiger partial charge in [-0.15, -0.1) is 0 Å². The molecular weight excluding hydrogens is 210 g/mol. The molecule has 0 bridgehead atoms. The zero-order valence-electron chi connectivity index (χ0n) is 9.60. The summed E-state index contributed by atoms with van der Waals surface area (Å²) in [5, 5.41) is 2.43. The van der Waals surface area contributed by atoms with Crippen LogP contribution < -0.4 is 5.73 Å². The highest BCUT2D eigenvalue weighted by molar-refractivity contribution is 5.86. The number of hydrogen-bond acceptors (Lipinski definition) is 2. The minimum absolute atomic E-state index is 0.149. The van der Waals surface area contributed by atoms with Crippen LogP contribution in [0, 0.1) is 0 Å². The third-order valence-electron chi connectivity index (χ3n) is 3.20. The summed E-state index contributed by atoms with van der Waals surface area (Å²) in [5.74, 6) is 0.904. The summed E-state index contributed by atoms with van der Waals surface area (Å²) in [7, 11) is 0. The van der Waals surface area contributed by atoms with Crippen LogP contribution in [0.2, 0.25) is 0 Å². The van der Waals surface area contributed by atoms with Gasteiger partial charge in [-0.1, -0.05) is 42.5 Å². The van der Waals surface area contributed by atoms with Gasteiger partial charge in [-0.25, -0.2) is 0 Å². The maximum atomic E-state index is 6.27. The van der Waals surface area contributed by atoms with E-state index in [0.717, 1.165) is 24.4 Å². The van der Waals surface area contributed by atoms with Crippen molar-refractivity contribution in [1.82, 2.24) is 0 Å². The van der Waals surface area contributed by atoms with Crippen LogP contribution in [0.4, 0.5) is 0 Å². The summed E-state index contributed by atoms with van der Waals surface area (Å²) in [5.41, 5.74) is 7.41. The topological polar surface area (TPSA) is 35.2 Å². The first-order chi connectivity index (χ1) is 8.36. The Labute approximate surface area is 101 Å². The van der Waals surface area contributed by atoms with Crippen LogP contribution in [0.25, 0.3) is 10.8 Å². The van der Waals surface area contributed by atoms with Gasteiger partial charge in [0.2, 0.25) is 0 Å². The fourth-order valence-corrected chi connectivity index (χ4v) is 2.33. The van der Waals surface area contributed by atoms with Crippen LogP contribution in [-0.4, -0.2) is 6.61 Å². The predicted octanol–water partition coefficient (Wildman–Crippen LogP) is 3.14. The van der Waals surface area contributed by atoms with Gasteiger partial charge in [0.25, 0.3) is 0 Å². The number of nitrogens with two attached hydrogens (primary N) is 1. The molecule has 0 saturated carbocycles. The fourth-order valence-electron chi connectivity index (χ4n) is 2.33. The van der Waals surface area contributed by atoms with Crippen LogP contribution in [-0.2, 0) is 4.74 Å². The lowest BCUT2D eigenvalue weighted by Gasteiger charge is -2.15. The molecule has 0 aliphatic carbocycles. The standard InChI is InChI=1S/C15H15NO/c16-15(14-9-4-10-17-14)13-8-3-6-11-5-1-2-7-12(11)13/h1-3,5-9,15H,4,10,16H2. The number of hydrogen-bond donors (Lipinski definition) is 1. The molecule has 1 heterocycles. The van der Waals surface area contributed by atoms with Crippen LogP contribution in [0.3, 0.4) is 0 Å². The molecule has 0 aromatic heterocycles. The normalized spacial score (nSPS) is 16.6. The lowest BCUT2D eigenvalue weighted by atomic mass is 9.98. The Kier molecular flexibility index (Phi) is 2.57. The smallest absolute Gasteiger partial charge is 0.113 e. The number of fused-ring (bicyclic) bond motifs is 1. The molecule has 17 heavy (non-hydrogen) atoms. The SMILES string of the molecule is NC(C1=CCCO1)c1cccc2ccccc12. The van der Waals surface area contributed by atoms with Gasteiger partial charge < -0.3 is 10.5 Å². The highest BCUT2D eigenvalue weighted by Crippen LogP contribution is 2.29. The number of benzene rings is 2. The van der Waals surface area contributed by atoms with Crippen LogP contribution >= 0.6 is 0 Å². The lowest BCUT2D eigenvalue weighted by Crippen LogP contribution is -2.14. The molecule has 86 valence electrons. The van der Waals surface area contributed by atoms with Crippen LogP contribution in [0.1, 0.15) is 18.0 Å². The Balaban J connectivity index is 2.10. The van der Waals surface area contributed by atoms with E-state index >= 15 is 0 Å². The maximum Gasteiger partial charge on any atom is 0.113 e. The summed E-state index contributed by atoms with van der Waals surface area (Å²) < 4.78 is 5.55. The quantitative estimate of drug-likeness (QED) is 0.852. The number of ether oxygens (including phenoxy) is 1. The van der Waals surface area contributed by atoms with Crippen molar-refractivity contribution in [3.63, 3.8) is 0 Å². The van der Waals surface area contributed by atoms with Gasteiger partial charge in [0.1, 0.15) is 5.76 Å². The largest absolute Gasteiger partial charge is 0.496 e. The first-order valence-electron chi connectivity index (χ1n) is 5.92. The van der Waals surface area contributed by atoms with Crippen molar-refractivity contribution in [3.8, 4) is 0 Å². The molecule has 0 amide bonds. The molecule has 0 fully saturated rings. The van der Waals surface area contributed by atoms with Gasteiger partial charge in [0.15, 0.2) is 0 Å². The zero-order valence-corrected chi connectivity index (χ0v) is 9.60. The fraction of sp³-hybridized carbons (Fsp3) is 0.200. The van der Waals surface area contributed by atoms with Crippen molar-refractivity contribution in [2.45, 2.75) is 12.5 Å². The zero-order chi connectivity index (χ0) is 11.7. The summed E-state index contributed by atoms with van der Waals surface area (Å²) in [6, 6.07) is 14.4. The van der Waals surface area contributed by atoms with Crippen molar-refractivity contribution in [3.05, 3.63) is 59.9 Å². The van der Waals surface area contributed by atoms with Gasteiger partial charge in [0, 0.05) is 6.42 Å². The molecule has 0 spiro atoms. The van der Waals surface area contributed by atoms with Crippen LogP contribution in [0.15, 0.2) is 54.3 Å². The van der Waals surface area contributed by atoms with Crippen LogP contribution in [0.5, 0.6) is 0 Å². The predicted molar refractivity (Wildman–Crippen MR) is 69.5 cm³/mol. The molecule has 1 aliphatic heterocycles. The number of rotatable bonds is 2. The first-order valence-corrected chi connectivity index (χ1v) is 5.92. The van der Waals surface area contributed by atoms with E-state index in [2.05, 4.69) is 30.3 Å². The second-order valence-electron chi connectivity index (χ2n) is 4.29. The molecular formula is C15H15NO. The third kappa shape index (κ3) is 1.81. The summed E-state index contributed by atoms with van der Waals surface area (Å²) in [6.45, 7) is 0.758. The molecule has 3 rings (SSSR count).